The van der Waals surface area contributed by atoms with Crippen LogP contribution in [-0.4, -0.2) is 32.2 Å². The summed E-state index contributed by atoms with van der Waals surface area (Å²) < 4.78 is 4.89. The van der Waals surface area contributed by atoms with Crippen molar-refractivity contribution < 1.29 is 9.53 Å². The van der Waals surface area contributed by atoms with E-state index in [0.717, 1.165) is 25.7 Å². The summed E-state index contributed by atoms with van der Waals surface area (Å²) in [7, 11) is 1.66. The molecule has 0 bridgehead atoms. The second-order valence-electron chi connectivity index (χ2n) is 3.91. The fraction of sp³-hybridized carbons (Fsp3) is 0.900. The molecule has 4 heteroatoms. The first-order valence-corrected chi connectivity index (χ1v) is 5.26. The lowest BCUT2D eigenvalue weighted by Crippen LogP contribution is -2.31. The third kappa shape index (κ3) is 3.64. The molecule has 3 N–H and O–H groups in total. The quantitative estimate of drug-likeness (QED) is 0.626. The van der Waals surface area contributed by atoms with E-state index >= 15 is 0 Å². The topological polar surface area (TPSA) is 64.3 Å². The molecule has 0 saturated heterocycles. The highest BCUT2D eigenvalue weighted by atomic mass is 16.5. The zero-order valence-corrected chi connectivity index (χ0v) is 8.79. The van der Waals surface area contributed by atoms with Crippen LogP contribution in [0.3, 0.4) is 0 Å². The number of hydrogen-bond donors (Lipinski definition) is 2. The SMILES string of the molecule is COCCCNC(=O)C1CCC(N)C1. The first kappa shape index (κ1) is 11.5. The molecule has 0 aliphatic heterocycles. The summed E-state index contributed by atoms with van der Waals surface area (Å²) in [5, 5.41) is 2.91. The third-order valence-electron chi connectivity index (χ3n) is 2.67. The summed E-state index contributed by atoms with van der Waals surface area (Å²) in [4.78, 5) is 11.5. The second kappa shape index (κ2) is 5.98. The Labute approximate surface area is 85.2 Å². The Bertz CT molecular complexity index is 185. The molecule has 1 aliphatic carbocycles. The van der Waals surface area contributed by atoms with Crippen molar-refractivity contribution in [3.05, 3.63) is 0 Å². The van der Waals surface area contributed by atoms with E-state index in [2.05, 4.69) is 5.32 Å². The van der Waals surface area contributed by atoms with Crippen LogP contribution in [0.15, 0.2) is 0 Å². The molecule has 2 atom stereocenters. The molecule has 1 saturated carbocycles. The van der Waals surface area contributed by atoms with Gasteiger partial charge >= 0.3 is 0 Å². The molecular weight excluding hydrogens is 180 g/mol. The first-order valence-electron chi connectivity index (χ1n) is 5.26. The number of carbonyl (C=O) groups excluding carboxylic acids is 1. The summed E-state index contributed by atoms with van der Waals surface area (Å²) in [6.45, 7) is 1.41. The van der Waals surface area contributed by atoms with Crippen LogP contribution in [0.25, 0.3) is 0 Å². The number of ether oxygens (including phenoxy) is 1. The van der Waals surface area contributed by atoms with Gasteiger partial charge in [0.05, 0.1) is 0 Å². The summed E-state index contributed by atoms with van der Waals surface area (Å²) >= 11 is 0. The molecule has 0 radical (unpaired) electrons. The summed E-state index contributed by atoms with van der Waals surface area (Å²) in [5.74, 6) is 0.307. The van der Waals surface area contributed by atoms with Gasteiger partial charge in [-0.1, -0.05) is 0 Å². The average molecular weight is 200 g/mol. The van der Waals surface area contributed by atoms with Crippen molar-refractivity contribution in [3.63, 3.8) is 0 Å². The second-order valence-corrected chi connectivity index (χ2v) is 3.91. The number of amides is 1. The Balaban J connectivity index is 2.09. The largest absolute Gasteiger partial charge is 0.385 e. The lowest BCUT2D eigenvalue weighted by molar-refractivity contribution is -0.124. The van der Waals surface area contributed by atoms with Crippen molar-refractivity contribution in [2.45, 2.75) is 31.7 Å². The Morgan fingerprint density at radius 3 is 2.93 bits per heavy atom. The lowest BCUT2D eigenvalue weighted by Gasteiger charge is -2.10. The smallest absolute Gasteiger partial charge is 0.223 e. The van der Waals surface area contributed by atoms with E-state index in [1.807, 2.05) is 0 Å². The van der Waals surface area contributed by atoms with Crippen molar-refractivity contribution in [2.75, 3.05) is 20.3 Å². The van der Waals surface area contributed by atoms with E-state index in [-0.39, 0.29) is 17.9 Å². The monoisotopic (exact) mass is 200 g/mol. The number of nitrogens with two attached hydrogens (primary N) is 1. The number of nitrogens with one attached hydrogen (secondary N) is 1. The van der Waals surface area contributed by atoms with Crippen LogP contribution in [0.2, 0.25) is 0 Å². The van der Waals surface area contributed by atoms with Gasteiger partial charge in [-0.2, -0.15) is 0 Å². The van der Waals surface area contributed by atoms with Gasteiger partial charge in [0.25, 0.3) is 0 Å². The molecule has 1 fully saturated rings. The van der Waals surface area contributed by atoms with E-state index in [1.165, 1.54) is 0 Å². The highest BCUT2D eigenvalue weighted by Gasteiger charge is 2.27. The van der Waals surface area contributed by atoms with Gasteiger partial charge in [-0.3, -0.25) is 4.79 Å². The van der Waals surface area contributed by atoms with Gasteiger partial charge < -0.3 is 15.8 Å². The number of rotatable bonds is 5. The maximum Gasteiger partial charge on any atom is 0.223 e. The Kier molecular flexibility index (Phi) is 4.90. The van der Waals surface area contributed by atoms with Gasteiger partial charge in [0.1, 0.15) is 0 Å². The van der Waals surface area contributed by atoms with Crippen molar-refractivity contribution in [3.8, 4) is 0 Å². The van der Waals surface area contributed by atoms with Gasteiger partial charge in [0, 0.05) is 32.2 Å². The molecule has 0 aromatic heterocycles. The normalized spacial score (nSPS) is 26.4. The molecule has 0 aromatic rings. The zero-order valence-electron chi connectivity index (χ0n) is 8.79. The minimum Gasteiger partial charge on any atom is -0.385 e. The van der Waals surface area contributed by atoms with E-state index in [1.54, 1.807) is 7.11 Å². The van der Waals surface area contributed by atoms with Gasteiger partial charge in [-0.25, -0.2) is 0 Å². The maximum absolute atomic E-state index is 11.5. The number of carbonyl (C=O) groups is 1. The predicted octanol–water partition coefficient (Wildman–Crippen LogP) is 0.267. The molecule has 0 spiro atoms. The fourth-order valence-electron chi connectivity index (χ4n) is 1.83. The van der Waals surface area contributed by atoms with Crippen LogP contribution in [-0.2, 0) is 9.53 Å². The maximum atomic E-state index is 11.5. The number of methoxy groups -OCH3 is 1. The molecule has 1 aliphatic rings. The lowest BCUT2D eigenvalue weighted by atomic mass is 10.1. The Morgan fingerprint density at radius 1 is 1.57 bits per heavy atom. The van der Waals surface area contributed by atoms with Crippen LogP contribution in [0.4, 0.5) is 0 Å². The predicted molar refractivity (Wildman–Crippen MR) is 54.8 cm³/mol. The molecule has 0 heterocycles. The molecule has 1 amide bonds. The summed E-state index contributed by atoms with van der Waals surface area (Å²) in [5.41, 5.74) is 5.74. The minimum atomic E-state index is 0.146. The summed E-state index contributed by atoms with van der Waals surface area (Å²) in [6, 6.07) is 0.227. The zero-order chi connectivity index (χ0) is 10.4. The van der Waals surface area contributed by atoms with Crippen molar-refractivity contribution >= 4 is 5.91 Å². The summed E-state index contributed by atoms with van der Waals surface area (Å²) in [6.07, 6.45) is 3.64. The highest BCUT2D eigenvalue weighted by molar-refractivity contribution is 5.78. The average Bonchev–Trinajstić information content (AvgIpc) is 2.59. The number of hydrogen-bond acceptors (Lipinski definition) is 3. The van der Waals surface area contributed by atoms with Crippen LogP contribution in [0, 0.1) is 5.92 Å². The molecule has 82 valence electrons. The minimum absolute atomic E-state index is 0.146. The van der Waals surface area contributed by atoms with Crippen molar-refractivity contribution in [1.82, 2.24) is 5.32 Å². The van der Waals surface area contributed by atoms with Gasteiger partial charge in [-0.15, -0.1) is 0 Å². The molecule has 1 rings (SSSR count). The van der Waals surface area contributed by atoms with E-state index in [9.17, 15) is 4.79 Å². The van der Waals surface area contributed by atoms with Crippen molar-refractivity contribution in [2.24, 2.45) is 11.7 Å². The first-order chi connectivity index (χ1) is 6.74. The third-order valence-corrected chi connectivity index (χ3v) is 2.67. The van der Waals surface area contributed by atoms with Gasteiger partial charge in [-0.05, 0) is 25.7 Å². The standard InChI is InChI=1S/C10H20N2O2/c1-14-6-2-5-12-10(13)8-3-4-9(11)7-8/h8-9H,2-7,11H2,1H3,(H,12,13). The molecule has 0 aromatic carbocycles. The molecule has 4 nitrogen and oxygen atoms in total. The Hall–Kier alpha value is -0.610. The molecule has 14 heavy (non-hydrogen) atoms. The van der Waals surface area contributed by atoms with Crippen LogP contribution >= 0.6 is 0 Å². The van der Waals surface area contributed by atoms with Crippen molar-refractivity contribution in [1.29, 1.82) is 0 Å². The highest BCUT2D eigenvalue weighted by Crippen LogP contribution is 2.23. The molecule has 2 unspecified atom stereocenters. The van der Waals surface area contributed by atoms with Crippen LogP contribution in [0.1, 0.15) is 25.7 Å². The van der Waals surface area contributed by atoms with E-state index in [0.29, 0.717) is 13.2 Å². The van der Waals surface area contributed by atoms with Gasteiger partial charge in [0.15, 0.2) is 0 Å². The van der Waals surface area contributed by atoms with Crippen LogP contribution in [0.5, 0.6) is 0 Å². The van der Waals surface area contributed by atoms with E-state index in [4.69, 9.17) is 10.5 Å². The van der Waals surface area contributed by atoms with E-state index < -0.39 is 0 Å². The van der Waals surface area contributed by atoms with Gasteiger partial charge in [0.2, 0.25) is 5.91 Å². The van der Waals surface area contributed by atoms with Crippen LogP contribution < -0.4 is 11.1 Å². The fourth-order valence-corrected chi connectivity index (χ4v) is 1.83. The molecular formula is C10H20N2O2. The Morgan fingerprint density at radius 2 is 2.36 bits per heavy atom.